The van der Waals surface area contributed by atoms with E-state index in [0.29, 0.717) is 5.41 Å². The molecule has 3 fully saturated rings. The van der Waals surface area contributed by atoms with Gasteiger partial charge in [-0.25, -0.2) is 0 Å². The molecule has 2 bridgehead atoms. The maximum atomic E-state index is 3.87. The highest BCUT2D eigenvalue weighted by atomic mass is 14.9. The molecule has 0 aromatic heterocycles. The molecule has 0 aromatic rings. The predicted molar refractivity (Wildman–Crippen MR) is 77.5 cm³/mol. The van der Waals surface area contributed by atoms with Crippen LogP contribution in [-0.2, 0) is 0 Å². The van der Waals surface area contributed by atoms with Gasteiger partial charge in [-0.05, 0) is 74.2 Å². The predicted octanol–water partition coefficient (Wildman–Crippen LogP) is 4.23. The first-order chi connectivity index (χ1) is 8.60. The molecule has 104 valence electrons. The van der Waals surface area contributed by atoms with E-state index in [2.05, 4.69) is 26.1 Å². The summed E-state index contributed by atoms with van der Waals surface area (Å²) < 4.78 is 0. The van der Waals surface area contributed by atoms with Gasteiger partial charge in [0.2, 0.25) is 0 Å². The third-order valence-corrected chi connectivity index (χ3v) is 6.17. The second-order valence-corrected chi connectivity index (χ2v) is 8.03. The number of rotatable bonds is 6. The Kier molecular flexibility index (Phi) is 3.47. The number of hydrogen-bond acceptors (Lipinski definition) is 1. The zero-order valence-corrected chi connectivity index (χ0v) is 12.5. The van der Waals surface area contributed by atoms with E-state index in [-0.39, 0.29) is 0 Å². The normalized spacial score (nSPS) is 42.2. The van der Waals surface area contributed by atoms with Crippen molar-refractivity contribution >= 4 is 0 Å². The smallest absolute Gasteiger partial charge is 0.0103 e. The zero-order chi connectivity index (χ0) is 12.8. The lowest BCUT2D eigenvalue weighted by atomic mass is 9.82. The molecule has 0 aromatic carbocycles. The van der Waals surface area contributed by atoms with Gasteiger partial charge in [0.15, 0.2) is 0 Å². The van der Waals surface area contributed by atoms with Crippen molar-refractivity contribution in [1.82, 2.24) is 5.32 Å². The lowest BCUT2D eigenvalue weighted by Crippen LogP contribution is -2.36. The highest BCUT2D eigenvalue weighted by Gasteiger charge is 2.51. The molecular formula is C17H31N. The van der Waals surface area contributed by atoms with Crippen molar-refractivity contribution in [2.24, 2.45) is 29.1 Å². The Labute approximate surface area is 113 Å². The highest BCUT2D eigenvalue weighted by molar-refractivity contribution is 5.03. The largest absolute Gasteiger partial charge is 0.314 e. The SMILES string of the molecule is CCCNC(CC1CC2CCC1C2)C1CC1(C)C. The standard InChI is InChI=1S/C17H31N/c1-4-7-18-16(15-11-17(15,2)3)10-14-9-12-5-6-13(14)8-12/h12-16,18H,4-11H2,1-3H3. The van der Waals surface area contributed by atoms with Crippen LogP contribution in [0.4, 0.5) is 0 Å². The molecule has 5 atom stereocenters. The fourth-order valence-electron chi connectivity index (χ4n) is 4.91. The average Bonchev–Trinajstić information content (AvgIpc) is 2.71. The number of hydrogen-bond donors (Lipinski definition) is 1. The van der Waals surface area contributed by atoms with Crippen molar-refractivity contribution < 1.29 is 0 Å². The summed E-state index contributed by atoms with van der Waals surface area (Å²) in [7, 11) is 0. The molecule has 1 heteroatoms. The van der Waals surface area contributed by atoms with Gasteiger partial charge in [0.1, 0.15) is 0 Å². The van der Waals surface area contributed by atoms with Crippen LogP contribution < -0.4 is 5.32 Å². The molecule has 0 saturated heterocycles. The second kappa shape index (κ2) is 4.81. The Balaban J connectivity index is 1.56. The maximum absolute atomic E-state index is 3.87. The minimum atomic E-state index is 0.628. The van der Waals surface area contributed by atoms with Crippen molar-refractivity contribution in [2.75, 3.05) is 6.54 Å². The van der Waals surface area contributed by atoms with Crippen LogP contribution in [0.2, 0.25) is 0 Å². The minimum Gasteiger partial charge on any atom is -0.314 e. The van der Waals surface area contributed by atoms with E-state index < -0.39 is 0 Å². The first-order valence-electron chi connectivity index (χ1n) is 8.33. The first-order valence-corrected chi connectivity index (χ1v) is 8.33. The van der Waals surface area contributed by atoms with Crippen LogP contribution >= 0.6 is 0 Å². The van der Waals surface area contributed by atoms with Crippen LogP contribution in [0.1, 0.15) is 65.7 Å². The Hall–Kier alpha value is -0.0400. The summed E-state index contributed by atoms with van der Waals surface area (Å²) in [5, 5.41) is 3.87. The molecule has 5 unspecified atom stereocenters. The molecule has 0 radical (unpaired) electrons. The monoisotopic (exact) mass is 249 g/mol. The molecule has 3 saturated carbocycles. The summed E-state index contributed by atoms with van der Waals surface area (Å²) in [5.41, 5.74) is 0.628. The molecule has 3 rings (SSSR count). The fraction of sp³-hybridized carbons (Fsp3) is 1.00. The van der Waals surface area contributed by atoms with Crippen LogP contribution in [0, 0.1) is 29.1 Å². The Morgan fingerprint density at radius 3 is 2.50 bits per heavy atom. The minimum absolute atomic E-state index is 0.628. The molecular weight excluding hydrogens is 218 g/mol. The average molecular weight is 249 g/mol. The van der Waals surface area contributed by atoms with Gasteiger partial charge in [-0.1, -0.05) is 27.2 Å². The van der Waals surface area contributed by atoms with E-state index in [1.807, 2.05) is 0 Å². The van der Waals surface area contributed by atoms with Gasteiger partial charge in [0.25, 0.3) is 0 Å². The van der Waals surface area contributed by atoms with Gasteiger partial charge in [0, 0.05) is 6.04 Å². The Morgan fingerprint density at radius 2 is 2.00 bits per heavy atom. The van der Waals surface area contributed by atoms with Gasteiger partial charge in [-0.15, -0.1) is 0 Å². The van der Waals surface area contributed by atoms with E-state index >= 15 is 0 Å². The fourth-order valence-corrected chi connectivity index (χ4v) is 4.91. The van der Waals surface area contributed by atoms with E-state index in [1.54, 1.807) is 25.7 Å². The zero-order valence-electron chi connectivity index (χ0n) is 12.5. The van der Waals surface area contributed by atoms with E-state index in [4.69, 9.17) is 0 Å². The van der Waals surface area contributed by atoms with E-state index in [0.717, 1.165) is 29.7 Å². The van der Waals surface area contributed by atoms with Crippen LogP contribution in [0.15, 0.2) is 0 Å². The Morgan fingerprint density at radius 1 is 1.22 bits per heavy atom. The maximum Gasteiger partial charge on any atom is 0.0103 e. The van der Waals surface area contributed by atoms with Crippen molar-refractivity contribution in [3.63, 3.8) is 0 Å². The van der Waals surface area contributed by atoms with Gasteiger partial charge >= 0.3 is 0 Å². The first kappa shape index (κ1) is 13.0. The number of fused-ring (bicyclic) bond motifs is 2. The molecule has 1 nitrogen and oxygen atoms in total. The van der Waals surface area contributed by atoms with Gasteiger partial charge in [0.05, 0.1) is 0 Å². The topological polar surface area (TPSA) is 12.0 Å². The number of nitrogens with one attached hydrogen (secondary N) is 1. The molecule has 1 N–H and O–H groups in total. The van der Waals surface area contributed by atoms with Crippen LogP contribution in [0.25, 0.3) is 0 Å². The van der Waals surface area contributed by atoms with Crippen LogP contribution in [-0.4, -0.2) is 12.6 Å². The molecule has 3 aliphatic rings. The van der Waals surface area contributed by atoms with Gasteiger partial charge in [-0.2, -0.15) is 0 Å². The quantitative estimate of drug-likeness (QED) is 0.743. The molecule has 0 amide bonds. The lowest BCUT2D eigenvalue weighted by Gasteiger charge is -2.28. The van der Waals surface area contributed by atoms with Crippen molar-refractivity contribution in [2.45, 2.75) is 71.8 Å². The molecule has 18 heavy (non-hydrogen) atoms. The molecule has 0 spiro atoms. The third kappa shape index (κ3) is 2.48. The molecule has 0 aliphatic heterocycles. The van der Waals surface area contributed by atoms with Crippen molar-refractivity contribution in [1.29, 1.82) is 0 Å². The third-order valence-electron chi connectivity index (χ3n) is 6.17. The van der Waals surface area contributed by atoms with Crippen molar-refractivity contribution in [3.8, 4) is 0 Å². The molecule has 3 aliphatic carbocycles. The summed E-state index contributed by atoms with van der Waals surface area (Å²) in [4.78, 5) is 0. The van der Waals surface area contributed by atoms with E-state index in [1.165, 1.54) is 25.8 Å². The molecule has 0 heterocycles. The second-order valence-electron chi connectivity index (χ2n) is 8.03. The summed E-state index contributed by atoms with van der Waals surface area (Å²) in [6.07, 6.45) is 10.4. The van der Waals surface area contributed by atoms with Gasteiger partial charge < -0.3 is 5.32 Å². The van der Waals surface area contributed by atoms with Crippen LogP contribution in [0.3, 0.4) is 0 Å². The Bertz CT molecular complexity index is 296. The van der Waals surface area contributed by atoms with E-state index in [9.17, 15) is 0 Å². The summed E-state index contributed by atoms with van der Waals surface area (Å²) >= 11 is 0. The summed E-state index contributed by atoms with van der Waals surface area (Å²) in [6, 6.07) is 0.823. The van der Waals surface area contributed by atoms with Crippen LogP contribution in [0.5, 0.6) is 0 Å². The van der Waals surface area contributed by atoms with Gasteiger partial charge in [-0.3, -0.25) is 0 Å². The lowest BCUT2D eigenvalue weighted by molar-refractivity contribution is 0.255. The van der Waals surface area contributed by atoms with Crippen molar-refractivity contribution in [3.05, 3.63) is 0 Å². The summed E-state index contributed by atoms with van der Waals surface area (Å²) in [6.45, 7) is 8.43. The highest BCUT2D eigenvalue weighted by Crippen LogP contribution is 2.56. The summed E-state index contributed by atoms with van der Waals surface area (Å²) in [5.74, 6) is 4.24.